The fourth-order valence-electron chi connectivity index (χ4n) is 4.17. The molecule has 2 aliphatic rings. The van der Waals surface area contributed by atoms with E-state index in [4.69, 9.17) is 4.74 Å². The maximum atomic E-state index is 12.8. The van der Waals surface area contributed by atoms with E-state index in [1.807, 2.05) is 30.3 Å². The molecular formula is C22H22N2O5. The van der Waals surface area contributed by atoms with Crippen molar-refractivity contribution in [3.05, 3.63) is 65.7 Å². The molecule has 0 radical (unpaired) electrons. The number of carboxylic acid groups (broad SMARTS) is 1. The highest BCUT2D eigenvalue weighted by molar-refractivity contribution is 5.99. The van der Waals surface area contributed by atoms with Crippen LogP contribution in [0.15, 0.2) is 54.6 Å². The summed E-state index contributed by atoms with van der Waals surface area (Å²) >= 11 is 0. The molecular weight excluding hydrogens is 372 g/mol. The van der Waals surface area contributed by atoms with Crippen molar-refractivity contribution < 1.29 is 24.2 Å². The summed E-state index contributed by atoms with van der Waals surface area (Å²) in [6.07, 6.45) is 0.596. The minimum Gasteiger partial charge on any atom is -0.481 e. The second kappa shape index (κ2) is 8.05. The lowest BCUT2D eigenvalue weighted by molar-refractivity contribution is -0.147. The molecule has 0 saturated carbocycles. The molecule has 150 valence electrons. The lowest BCUT2D eigenvalue weighted by Crippen LogP contribution is -2.41. The van der Waals surface area contributed by atoms with Gasteiger partial charge in [-0.25, -0.2) is 0 Å². The molecule has 0 aromatic heterocycles. The molecule has 0 unspecified atom stereocenters. The third-order valence-electron chi connectivity index (χ3n) is 5.55. The Hall–Kier alpha value is -3.19. The number of aliphatic carboxylic acids is 1. The van der Waals surface area contributed by atoms with Crippen molar-refractivity contribution in [2.75, 3.05) is 5.32 Å². The van der Waals surface area contributed by atoms with Gasteiger partial charge in [0, 0.05) is 17.8 Å². The minimum atomic E-state index is -1.01. The Balaban J connectivity index is 1.41. The first-order chi connectivity index (χ1) is 14.0. The highest BCUT2D eigenvalue weighted by Gasteiger charge is 2.55. The number of carbonyl (C=O) groups is 3. The summed E-state index contributed by atoms with van der Waals surface area (Å²) in [6.45, 7) is 0.402. The van der Waals surface area contributed by atoms with E-state index in [0.29, 0.717) is 30.6 Å². The van der Waals surface area contributed by atoms with Crippen LogP contribution in [0.3, 0.4) is 0 Å². The molecule has 2 aliphatic heterocycles. The van der Waals surface area contributed by atoms with Crippen LogP contribution in [0.5, 0.6) is 0 Å². The molecule has 2 amide bonds. The lowest BCUT2D eigenvalue weighted by atomic mass is 9.78. The van der Waals surface area contributed by atoms with Crippen LogP contribution < -0.4 is 10.6 Å². The van der Waals surface area contributed by atoms with Gasteiger partial charge < -0.3 is 20.5 Å². The standard InChI is InChI=1S/C22H22N2O5/c25-20(23-12-13-5-2-1-3-6-13)14-7-4-8-15(11-14)24-21(26)18-16-9-10-17(29-16)19(18)22(27)28/h1-8,11,16-19H,9-10,12H2,(H,23,25)(H,24,26)(H,27,28)/t16-,17-,18+,19+/m1/s1. The second-order valence-corrected chi connectivity index (χ2v) is 7.42. The first-order valence-corrected chi connectivity index (χ1v) is 9.64. The van der Waals surface area contributed by atoms with Crippen LogP contribution in [0.1, 0.15) is 28.8 Å². The van der Waals surface area contributed by atoms with Crippen LogP contribution in [-0.2, 0) is 20.9 Å². The summed E-state index contributed by atoms with van der Waals surface area (Å²) in [4.78, 5) is 36.8. The Morgan fingerprint density at radius 2 is 1.69 bits per heavy atom. The number of nitrogens with one attached hydrogen (secondary N) is 2. The Morgan fingerprint density at radius 3 is 2.41 bits per heavy atom. The van der Waals surface area contributed by atoms with Gasteiger partial charge in [0.1, 0.15) is 0 Å². The van der Waals surface area contributed by atoms with Gasteiger partial charge in [0.25, 0.3) is 5.91 Å². The van der Waals surface area contributed by atoms with Gasteiger partial charge in [-0.1, -0.05) is 36.4 Å². The molecule has 7 nitrogen and oxygen atoms in total. The predicted octanol–water partition coefficient (Wildman–Crippen LogP) is 2.43. The van der Waals surface area contributed by atoms with Gasteiger partial charge in [0.2, 0.25) is 5.91 Å². The topological polar surface area (TPSA) is 105 Å². The number of carbonyl (C=O) groups excluding carboxylic acids is 2. The van der Waals surface area contributed by atoms with Crippen molar-refractivity contribution in [2.24, 2.45) is 11.8 Å². The average molecular weight is 394 g/mol. The molecule has 7 heteroatoms. The quantitative estimate of drug-likeness (QED) is 0.698. The molecule has 2 aromatic carbocycles. The van der Waals surface area contributed by atoms with Crippen molar-refractivity contribution in [1.82, 2.24) is 5.32 Å². The van der Waals surface area contributed by atoms with Crippen LogP contribution >= 0.6 is 0 Å². The summed E-state index contributed by atoms with van der Waals surface area (Å²) in [7, 11) is 0. The highest BCUT2D eigenvalue weighted by atomic mass is 16.5. The van der Waals surface area contributed by atoms with E-state index in [-0.39, 0.29) is 17.9 Å². The van der Waals surface area contributed by atoms with Crippen LogP contribution in [0.4, 0.5) is 5.69 Å². The SMILES string of the molecule is O=C(NCc1ccccc1)c1cccc(NC(=O)[C@@H]2[C@@H](C(=O)O)[C@H]3CC[C@H]2O3)c1. The van der Waals surface area contributed by atoms with Gasteiger partial charge in [-0.3, -0.25) is 14.4 Å². The molecule has 4 rings (SSSR count). The zero-order chi connectivity index (χ0) is 20.4. The molecule has 2 fully saturated rings. The maximum absolute atomic E-state index is 12.8. The van der Waals surface area contributed by atoms with Gasteiger partial charge in [-0.15, -0.1) is 0 Å². The molecule has 2 heterocycles. The number of anilines is 1. The van der Waals surface area contributed by atoms with E-state index in [0.717, 1.165) is 5.56 Å². The normalized spacial score (nSPS) is 24.8. The largest absolute Gasteiger partial charge is 0.481 e. The van der Waals surface area contributed by atoms with E-state index in [9.17, 15) is 19.5 Å². The number of amides is 2. The maximum Gasteiger partial charge on any atom is 0.310 e. The fraction of sp³-hybridized carbons (Fsp3) is 0.318. The number of hydrogen-bond donors (Lipinski definition) is 3. The van der Waals surface area contributed by atoms with Crippen LogP contribution in [0.2, 0.25) is 0 Å². The van der Waals surface area contributed by atoms with Crippen molar-refractivity contribution in [1.29, 1.82) is 0 Å². The molecule has 0 aliphatic carbocycles. The fourth-order valence-corrected chi connectivity index (χ4v) is 4.17. The van der Waals surface area contributed by atoms with Crippen LogP contribution in [0.25, 0.3) is 0 Å². The summed E-state index contributed by atoms with van der Waals surface area (Å²) in [6, 6.07) is 16.2. The Morgan fingerprint density at radius 1 is 0.966 bits per heavy atom. The number of hydrogen-bond acceptors (Lipinski definition) is 4. The summed E-state index contributed by atoms with van der Waals surface area (Å²) in [5.74, 6) is -3.19. The van der Waals surface area contributed by atoms with E-state index in [1.165, 1.54) is 0 Å². The van der Waals surface area contributed by atoms with Crippen LogP contribution in [0, 0.1) is 11.8 Å². The number of rotatable bonds is 6. The van der Waals surface area contributed by atoms with Gasteiger partial charge >= 0.3 is 5.97 Å². The van der Waals surface area contributed by atoms with Gasteiger partial charge in [0.05, 0.1) is 24.0 Å². The highest BCUT2D eigenvalue weighted by Crippen LogP contribution is 2.44. The zero-order valence-corrected chi connectivity index (χ0v) is 15.7. The van der Waals surface area contributed by atoms with Gasteiger partial charge in [-0.2, -0.15) is 0 Å². The second-order valence-electron chi connectivity index (χ2n) is 7.42. The minimum absolute atomic E-state index is 0.253. The smallest absolute Gasteiger partial charge is 0.310 e. The van der Waals surface area contributed by atoms with E-state index in [1.54, 1.807) is 24.3 Å². The van der Waals surface area contributed by atoms with Crippen LogP contribution in [-0.4, -0.2) is 35.1 Å². The zero-order valence-electron chi connectivity index (χ0n) is 15.7. The molecule has 2 bridgehead atoms. The third-order valence-corrected chi connectivity index (χ3v) is 5.55. The molecule has 29 heavy (non-hydrogen) atoms. The summed E-state index contributed by atoms with van der Waals surface area (Å²) in [5, 5.41) is 15.1. The van der Waals surface area contributed by atoms with Crippen molar-refractivity contribution in [3.8, 4) is 0 Å². The third kappa shape index (κ3) is 4.00. The summed E-state index contributed by atoms with van der Waals surface area (Å²) < 4.78 is 5.65. The van der Waals surface area contributed by atoms with Crippen molar-refractivity contribution >= 4 is 23.5 Å². The Labute approximate surface area is 168 Å². The van der Waals surface area contributed by atoms with E-state index < -0.39 is 23.9 Å². The first kappa shape index (κ1) is 19.1. The number of carboxylic acids is 1. The molecule has 2 saturated heterocycles. The number of ether oxygens (including phenoxy) is 1. The lowest BCUT2D eigenvalue weighted by Gasteiger charge is -2.23. The van der Waals surface area contributed by atoms with Gasteiger partial charge in [0.15, 0.2) is 0 Å². The number of fused-ring (bicyclic) bond motifs is 2. The molecule has 2 aromatic rings. The molecule has 3 N–H and O–H groups in total. The monoisotopic (exact) mass is 394 g/mol. The van der Waals surface area contributed by atoms with E-state index in [2.05, 4.69) is 10.6 Å². The predicted molar refractivity (Wildman–Crippen MR) is 105 cm³/mol. The number of benzene rings is 2. The Bertz CT molecular complexity index is 930. The molecule has 0 spiro atoms. The average Bonchev–Trinajstić information content (AvgIpc) is 3.34. The Kier molecular flexibility index (Phi) is 5.31. The molecule has 4 atom stereocenters. The van der Waals surface area contributed by atoms with Crippen molar-refractivity contribution in [3.63, 3.8) is 0 Å². The van der Waals surface area contributed by atoms with Gasteiger partial charge in [-0.05, 0) is 36.6 Å². The van der Waals surface area contributed by atoms with Crippen molar-refractivity contribution in [2.45, 2.75) is 31.6 Å². The summed E-state index contributed by atoms with van der Waals surface area (Å²) in [5.41, 5.74) is 1.85. The van der Waals surface area contributed by atoms with E-state index >= 15 is 0 Å². The first-order valence-electron chi connectivity index (χ1n) is 9.64.